The van der Waals surface area contributed by atoms with Gasteiger partial charge in [-0.05, 0) is 49.2 Å². The van der Waals surface area contributed by atoms with Crippen molar-refractivity contribution in [1.82, 2.24) is 4.98 Å². The fourth-order valence-electron chi connectivity index (χ4n) is 2.80. The second-order valence-electron chi connectivity index (χ2n) is 6.18. The topological polar surface area (TPSA) is 79.3 Å². The number of aromatic nitrogens is 1. The number of aryl methyl sites for hydroxylation is 1. The van der Waals surface area contributed by atoms with Crippen molar-refractivity contribution in [2.75, 3.05) is 5.32 Å². The van der Waals surface area contributed by atoms with E-state index in [9.17, 15) is 9.59 Å². The van der Waals surface area contributed by atoms with Gasteiger partial charge < -0.3 is 10.4 Å². The molecule has 0 radical (unpaired) electrons. The van der Waals surface area contributed by atoms with Crippen LogP contribution in [0.3, 0.4) is 0 Å². The number of benzene rings is 2. The van der Waals surface area contributed by atoms with E-state index in [-0.39, 0.29) is 16.7 Å². The third-order valence-electron chi connectivity index (χ3n) is 4.20. The zero-order valence-electron chi connectivity index (χ0n) is 15.1. The van der Waals surface area contributed by atoms with Crippen molar-refractivity contribution in [3.63, 3.8) is 0 Å². The number of fused-ring (bicyclic) bond motifs is 1. The molecule has 2 N–H and O–H groups in total. The molecular weight excluding hydrogens is 360 g/mol. The number of hydrogen-bond acceptors (Lipinski definition) is 4. The van der Waals surface area contributed by atoms with Gasteiger partial charge in [-0.3, -0.25) is 4.79 Å². The molecule has 27 heavy (non-hydrogen) atoms. The molecule has 2 aromatic carbocycles. The zero-order valence-corrected chi connectivity index (χ0v) is 15.9. The van der Waals surface area contributed by atoms with Crippen LogP contribution in [0.25, 0.3) is 10.9 Å². The van der Waals surface area contributed by atoms with E-state index in [2.05, 4.69) is 10.3 Å². The summed E-state index contributed by atoms with van der Waals surface area (Å²) in [7, 11) is 0. The number of anilines is 1. The predicted molar refractivity (Wildman–Crippen MR) is 108 cm³/mol. The summed E-state index contributed by atoms with van der Waals surface area (Å²) in [6, 6.07) is 16.2. The lowest BCUT2D eigenvalue weighted by Crippen LogP contribution is -2.24. The highest BCUT2D eigenvalue weighted by atomic mass is 32.2. The third kappa shape index (κ3) is 4.46. The first-order valence-electron chi connectivity index (χ1n) is 8.65. The predicted octanol–water partition coefficient (Wildman–Crippen LogP) is 4.75. The molecule has 1 heterocycles. The number of rotatable bonds is 6. The smallest absolute Gasteiger partial charge is 0.335 e. The van der Waals surface area contributed by atoms with Crippen molar-refractivity contribution in [3.05, 3.63) is 65.7 Å². The van der Waals surface area contributed by atoms with E-state index < -0.39 is 5.97 Å². The van der Waals surface area contributed by atoms with E-state index in [4.69, 9.17) is 5.11 Å². The van der Waals surface area contributed by atoms with Crippen LogP contribution in [-0.4, -0.2) is 27.2 Å². The first kappa shape index (κ1) is 18.9. The number of carboxylic acid groups (broad SMARTS) is 1. The van der Waals surface area contributed by atoms with Crippen LogP contribution in [0.2, 0.25) is 0 Å². The lowest BCUT2D eigenvalue weighted by atomic mass is 10.1. The van der Waals surface area contributed by atoms with E-state index in [0.717, 1.165) is 21.5 Å². The van der Waals surface area contributed by atoms with Crippen LogP contribution in [0, 0.1) is 6.92 Å². The molecule has 3 aromatic rings. The second kappa shape index (κ2) is 8.22. The molecule has 6 heteroatoms. The fraction of sp³-hybridized carbons (Fsp3) is 0.190. The maximum Gasteiger partial charge on any atom is 0.335 e. The van der Waals surface area contributed by atoms with Crippen molar-refractivity contribution < 1.29 is 14.7 Å². The van der Waals surface area contributed by atoms with Crippen LogP contribution < -0.4 is 5.32 Å². The lowest BCUT2D eigenvalue weighted by Gasteiger charge is -2.15. The van der Waals surface area contributed by atoms with Crippen molar-refractivity contribution in [2.24, 2.45) is 0 Å². The average molecular weight is 380 g/mol. The maximum absolute atomic E-state index is 12.7. The van der Waals surface area contributed by atoms with E-state index in [1.807, 2.05) is 44.2 Å². The van der Waals surface area contributed by atoms with Gasteiger partial charge in [-0.15, -0.1) is 0 Å². The number of thioether (sulfide) groups is 1. The number of nitrogens with one attached hydrogen (secondary N) is 1. The molecule has 0 saturated heterocycles. The first-order chi connectivity index (χ1) is 13.0. The number of carbonyl (C=O) groups excluding carboxylic acids is 1. The number of para-hydroxylation sites is 1. The Morgan fingerprint density at radius 1 is 1.15 bits per heavy atom. The molecule has 5 nitrogen and oxygen atoms in total. The maximum atomic E-state index is 12.7. The van der Waals surface area contributed by atoms with E-state index in [1.54, 1.807) is 12.1 Å². The van der Waals surface area contributed by atoms with Gasteiger partial charge in [0.25, 0.3) is 0 Å². The average Bonchev–Trinajstić information content (AvgIpc) is 2.66. The number of hydrogen-bond donors (Lipinski definition) is 2. The Hall–Kier alpha value is -2.86. The van der Waals surface area contributed by atoms with Gasteiger partial charge >= 0.3 is 5.97 Å². The normalized spacial score (nSPS) is 11.9. The molecule has 0 bridgehead atoms. The third-order valence-corrected chi connectivity index (χ3v) is 5.49. The Balaban J connectivity index is 1.78. The van der Waals surface area contributed by atoms with Crippen molar-refractivity contribution in [3.8, 4) is 0 Å². The van der Waals surface area contributed by atoms with Gasteiger partial charge in [0, 0.05) is 11.1 Å². The summed E-state index contributed by atoms with van der Waals surface area (Å²) in [6.45, 7) is 3.98. The molecule has 1 atom stereocenters. The number of carboxylic acids is 1. The molecule has 0 aliphatic heterocycles. The Morgan fingerprint density at radius 2 is 1.93 bits per heavy atom. The summed E-state index contributed by atoms with van der Waals surface area (Å²) < 4.78 is 0. The van der Waals surface area contributed by atoms with Crippen LogP contribution in [-0.2, 0) is 4.79 Å². The van der Waals surface area contributed by atoms with Crippen LogP contribution in [0.15, 0.2) is 59.6 Å². The number of amides is 1. The minimum atomic E-state index is -1.02. The largest absolute Gasteiger partial charge is 0.478 e. The van der Waals surface area contributed by atoms with Gasteiger partial charge in [-0.1, -0.05) is 43.0 Å². The summed E-state index contributed by atoms with van der Waals surface area (Å²) >= 11 is 1.42. The summed E-state index contributed by atoms with van der Waals surface area (Å²) in [5.74, 6) is -1.19. The molecule has 0 spiro atoms. The van der Waals surface area contributed by atoms with Gasteiger partial charge in [0.15, 0.2) is 0 Å². The van der Waals surface area contributed by atoms with E-state index >= 15 is 0 Å². The molecule has 1 unspecified atom stereocenters. The molecule has 0 aliphatic carbocycles. The van der Waals surface area contributed by atoms with Crippen LogP contribution in [0.4, 0.5) is 5.69 Å². The monoisotopic (exact) mass is 380 g/mol. The Morgan fingerprint density at radius 3 is 2.67 bits per heavy atom. The molecule has 3 rings (SSSR count). The summed E-state index contributed by atoms with van der Waals surface area (Å²) in [4.78, 5) is 28.4. The molecule has 138 valence electrons. The number of carbonyl (C=O) groups is 2. The molecular formula is C21H20N2O3S. The molecule has 0 fully saturated rings. The van der Waals surface area contributed by atoms with Gasteiger partial charge in [0.1, 0.15) is 0 Å². The van der Waals surface area contributed by atoms with E-state index in [0.29, 0.717) is 12.1 Å². The van der Waals surface area contributed by atoms with Crippen LogP contribution >= 0.6 is 11.8 Å². The second-order valence-corrected chi connectivity index (χ2v) is 7.41. The standard InChI is InChI=1S/C21H20N2O3S/c1-3-18(20(24)22-15-8-6-7-14(12-15)21(25)26)27-19-11-13(2)16-9-4-5-10-17(16)23-19/h4-12,18H,3H2,1-2H3,(H,22,24)(H,25,26). The van der Waals surface area contributed by atoms with Gasteiger partial charge in [0.05, 0.1) is 21.4 Å². The molecule has 0 saturated carbocycles. The highest BCUT2D eigenvalue weighted by Crippen LogP contribution is 2.28. The highest BCUT2D eigenvalue weighted by molar-refractivity contribution is 8.00. The summed E-state index contributed by atoms with van der Waals surface area (Å²) in [5, 5.41) is 13.5. The Kier molecular flexibility index (Phi) is 5.76. The van der Waals surface area contributed by atoms with Crippen molar-refractivity contribution in [1.29, 1.82) is 0 Å². The first-order valence-corrected chi connectivity index (χ1v) is 9.53. The van der Waals surface area contributed by atoms with Gasteiger partial charge in [0.2, 0.25) is 5.91 Å². The number of nitrogens with zero attached hydrogens (tertiary/aromatic N) is 1. The minimum absolute atomic E-state index is 0.139. The molecule has 1 amide bonds. The zero-order chi connectivity index (χ0) is 19.4. The number of aromatic carboxylic acids is 1. The SMILES string of the molecule is CCC(Sc1cc(C)c2ccccc2n1)C(=O)Nc1cccc(C(=O)O)c1. The summed E-state index contributed by atoms with van der Waals surface area (Å²) in [6.07, 6.45) is 0.628. The van der Waals surface area contributed by atoms with Gasteiger partial charge in [-0.2, -0.15) is 0 Å². The highest BCUT2D eigenvalue weighted by Gasteiger charge is 2.19. The Labute approximate surface area is 161 Å². The summed E-state index contributed by atoms with van der Waals surface area (Å²) in [5.41, 5.74) is 2.64. The van der Waals surface area contributed by atoms with Crippen molar-refractivity contribution in [2.45, 2.75) is 30.5 Å². The molecule has 0 aliphatic rings. The van der Waals surface area contributed by atoms with E-state index in [1.165, 1.54) is 23.9 Å². The Bertz CT molecular complexity index is 1000. The quantitative estimate of drug-likeness (QED) is 0.603. The van der Waals surface area contributed by atoms with Gasteiger partial charge in [-0.25, -0.2) is 9.78 Å². The lowest BCUT2D eigenvalue weighted by molar-refractivity contribution is -0.115. The number of pyridine rings is 1. The fourth-order valence-corrected chi connectivity index (χ4v) is 3.82. The van der Waals surface area contributed by atoms with Crippen LogP contribution in [0.5, 0.6) is 0 Å². The minimum Gasteiger partial charge on any atom is -0.478 e. The van der Waals surface area contributed by atoms with Crippen LogP contribution in [0.1, 0.15) is 29.3 Å². The molecule has 1 aromatic heterocycles. The van der Waals surface area contributed by atoms with Crippen molar-refractivity contribution >= 4 is 40.2 Å².